The highest BCUT2D eigenvalue weighted by atomic mass is 16.5. The third-order valence-corrected chi connectivity index (χ3v) is 4.40. The average molecular weight is 379 g/mol. The van der Waals surface area contributed by atoms with Crippen LogP contribution in [0.1, 0.15) is 34.6 Å². The summed E-state index contributed by atoms with van der Waals surface area (Å²) in [6.07, 6.45) is -0.676. The second-order valence-corrected chi connectivity index (χ2v) is 6.60. The number of nitrogens with zero attached hydrogens (tertiary/aromatic N) is 1. The van der Waals surface area contributed by atoms with Gasteiger partial charge in [-0.25, -0.2) is 14.4 Å². The molecule has 27 heavy (non-hydrogen) atoms. The first-order chi connectivity index (χ1) is 12.7. The Bertz CT molecular complexity index is 687. The zero-order valence-electron chi connectivity index (χ0n) is 15.8. The van der Waals surface area contributed by atoms with Crippen molar-refractivity contribution in [1.29, 1.82) is 0 Å². The standard InChI is InChI=1S/C18H25N3O6/c1-10(2)21-8-14(15(22)9-21)20-18(25)19-13-6-11(16(23)26-3)5-12(7-13)17(24)27-4/h5-7,10,14-15,22H,8-9H2,1-4H3,(H2,19,20,25)/t14-,15-/m0/s1. The van der Waals surface area contributed by atoms with Crippen LogP contribution in [0.25, 0.3) is 0 Å². The molecule has 1 saturated heterocycles. The number of hydrogen-bond donors (Lipinski definition) is 3. The van der Waals surface area contributed by atoms with Gasteiger partial charge in [0.2, 0.25) is 0 Å². The van der Waals surface area contributed by atoms with Crippen molar-refractivity contribution in [2.24, 2.45) is 0 Å². The molecule has 0 aromatic heterocycles. The van der Waals surface area contributed by atoms with Crippen molar-refractivity contribution in [3.05, 3.63) is 29.3 Å². The molecule has 0 saturated carbocycles. The largest absolute Gasteiger partial charge is 0.465 e. The van der Waals surface area contributed by atoms with Gasteiger partial charge >= 0.3 is 18.0 Å². The molecule has 9 heteroatoms. The number of rotatable bonds is 5. The Morgan fingerprint density at radius 2 is 1.63 bits per heavy atom. The van der Waals surface area contributed by atoms with Crippen LogP contribution in [0.3, 0.4) is 0 Å². The summed E-state index contributed by atoms with van der Waals surface area (Å²) in [6.45, 7) is 5.04. The first-order valence-corrected chi connectivity index (χ1v) is 8.56. The SMILES string of the molecule is COC(=O)c1cc(NC(=O)N[C@H]2CN(C(C)C)C[C@@H]2O)cc(C(=O)OC)c1. The summed E-state index contributed by atoms with van der Waals surface area (Å²) >= 11 is 0. The monoisotopic (exact) mass is 379 g/mol. The topological polar surface area (TPSA) is 117 Å². The van der Waals surface area contributed by atoms with Crippen LogP contribution in [0, 0.1) is 0 Å². The van der Waals surface area contributed by atoms with Crippen molar-refractivity contribution in [2.75, 3.05) is 32.6 Å². The Kier molecular flexibility index (Phi) is 6.75. The van der Waals surface area contributed by atoms with Crippen LogP contribution in [0.5, 0.6) is 0 Å². The Balaban J connectivity index is 2.12. The van der Waals surface area contributed by atoms with Crippen LogP contribution in [-0.2, 0) is 9.47 Å². The Labute approximate surface area is 157 Å². The normalized spacial score (nSPS) is 19.6. The molecule has 2 rings (SSSR count). The van der Waals surface area contributed by atoms with Gasteiger partial charge in [-0.3, -0.25) is 4.90 Å². The van der Waals surface area contributed by atoms with Crippen molar-refractivity contribution >= 4 is 23.7 Å². The number of anilines is 1. The fourth-order valence-electron chi connectivity index (χ4n) is 2.89. The fraction of sp³-hybridized carbons (Fsp3) is 0.500. The van der Waals surface area contributed by atoms with Gasteiger partial charge in [0, 0.05) is 24.8 Å². The second kappa shape index (κ2) is 8.83. The number of nitrogens with one attached hydrogen (secondary N) is 2. The summed E-state index contributed by atoms with van der Waals surface area (Å²) in [7, 11) is 2.43. The van der Waals surface area contributed by atoms with Crippen LogP contribution < -0.4 is 10.6 Å². The zero-order chi connectivity index (χ0) is 20.1. The van der Waals surface area contributed by atoms with E-state index in [9.17, 15) is 19.5 Å². The number of hydrogen-bond acceptors (Lipinski definition) is 7. The maximum Gasteiger partial charge on any atom is 0.337 e. The summed E-state index contributed by atoms with van der Waals surface area (Å²) in [5.41, 5.74) is 0.425. The number of β-amino-alcohol motifs (C(OH)–C–C–N with tert-alkyl or cyclic N) is 1. The lowest BCUT2D eigenvalue weighted by atomic mass is 10.1. The number of methoxy groups -OCH3 is 2. The molecule has 3 N–H and O–H groups in total. The first kappa shape index (κ1) is 20.7. The average Bonchev–Trinajstić information content (AvgIpc) is 3.00. The highest BCUT2D eigenvalue weighted by Gasteiger charge is 2.33. The van der Waals surface area contributed by atoms with Gasteiger partial charge in [-0.15, -0.1) is 0 Å². The first-order valence-electron chi connectivity index (χ1n) is 8.56. The minimum Gasteiger partial charge on any atom is -0.465 e. The van der Waals surface area contributed by atoms with E-state index in [2.05, 4.69) is 25.0 Å². The van der Waals surface area contributed by atoms with Crippen LogP contribution in [0.15, 0.2) is 18.2 Å². The molecular weight excluding hydrogens is 354 g/mol. The highest BCUT2D eigenvalue weighted by molar-refractivity contribution is 5.99. The number of esters is 2. The van der Waals surface area contributed by atoms with Crippen molar-refractivity contribution in [2.45, 2.75) is 32.0 Å². The van der Waals surface area contributed by atoms with Gasteiger partial charge in [-0.05, 0) is 32.0 Å². The number of benzene rings is 1. The fourth-order valence-corrected chi connectivity index (χ4v) is 2.89. The van der Waals surface area contributed by atoms with E-state index in [4.69, 9.17) is 0 Å². The predicted octanol–water partition coefficient (Wildman–Crippen LogP) is 0.835. The molecule has 0 unspecified atom stereocenters. The molecule has 148 valence electrons. The number of carbonyl (C=O) groups is 3. The number of aliphatic hydroxyl groups is 1. The molecule has 0 radical (unpaired) electrons. The van der Waals surface area contributed by atoms with Crippen LogP contribution in [0.4, 0.5) is 10.5 Å². The molecule has 2 amide bonds. The minimum atomic E-state index is -0.676. The van der Waals surface area contributed by atoms with Crippen molar-refractivity contribution in [3.8, 4) is 0 Å². The summed E-state index contributed by atoms with van der Waals surface area (Å²) in [6, 6.07) is 3.39. The van der Waals surface area contributed by atoms with E-state index in [0.29, 0.717) is 13.1 Å². The van der Waals surface area contributed by atoms with Crippen LogP contribution in [-0.4, -0.2) is 73.5 Å². The summed E-state index contributed by atoms with van der Waals surface area (Å²) in [4.78, 5) is 38.0. The molecule has 0 aliphatic carbocycles. The Morgan fingerprint density at radius 1 is 1.07 bits per heavy atom. The number of amides is 2. The zero-order valence-corrected chi connectivity index (χ0v) is 15.8. The predicted molar refractivity (Wildman–Crippen MR) is 97.8 cm³/mol. The number of likely N-dealkylation sites (tertiary alicyclic amines) is 1. The minimum absolute atomic E-state index is 0.0996. The molecule has 1 aliphatic heterocycles. The van der Waals surface area contributed by atoms with Crippen molar-refractivity contribution in [3.63, 3.8) is 0 Å². The van der Waals surface area contributed by atoms with E-state index in [1.807, 2.05) is 13.8 Å². The number of urea groups is 1. The lowest BCUT2D eigenvalue weighted by Gasteiger charge is -2.20. The number of aliphatic hydroxyl groups excluding tert-OH is 1. The Hall–Kier alpha value is -2.65. The lowest BCUT2D eigenvalue weighted by Crippen LogP contribution is -2.45. The molecule has 1 heterocycles. The van der Waals surface area contributed by atoms with E-state index in [0.717, 1.165) is 0 Å². The molecule has 0 spiro atoms. The molecule has 1 aliphatic rings. The quantitative estimate of drug-likeness (QED) is 0.649. The van der Waals surface area contributed by atoms with Gasteiger partial charge in [-0.2, -0.15) is 0 Å². The third-order valence-electron chi connectivity index (χ3n) is 4.40. The molecule has 2 atom stereocenters. The molecular formula is C18H25N3O6. The number of ether oxygens (including phenoxy) is 2. The molecule has 1 aromatic carbocycles. The summed E-state index contributed by atoms with van der Waals surface area (Å²) in [5, 5.41) is 15.4. The summed E-state index contributed by atoms with van der Waals surface area (Å²) in [5.74, 6) is -1.30. The van der Waals surface area contributed by atoms with E-state index < -0.39 is 30.1 Å². The van der Waals surface area contributed by atoms with Crippen LogP contribution in [0.2, 0.25) is 0 Å². The lowest BCUT2D eigenvalue weighted by molar-refractivity contribution is 0.0599. The Morgan fingerprint density at radius 3 is 2.07 bits per heavy atom. The van der Waals surface area contributed by atoms with Gasteiger partial charge < -0.3 is 25.2 Å². The number of carbonyl (C=O) groups excluding carboxylic acids is 3. The van der Waals surface area contributed by atoms with Gasteiger partial charge in [-0.1, -0.05) is 0 Å². The van der Waals surface area contributed by atoms with Crippen molar-refractivity contribution in [1.82, 2.24) is 10.2 Å². The maximum atomic E-state index is 12.3. The van der Waals surface area contributed by atoms with Gasteiger partial charge in [0.15, 0.2) is 0 Å². The molecule has 0 bridgehead atoms. The third kappa shape index (κ3) is 5.18. The van der Waals surface area contributed by atoms with Gasteiger partial charge in [0.25, 0.3) is 0 Å². The van der Waals surface area contributed by atoms with E-state index in [-0.39, 0.29) is 22.9 Å². The maximum absolute atomic E-state index is 12.3. The second-order valence-electron chi connectivity index (χ2n) is 6.60. The van der Waals surface area contributed by atoms with E-state index in [1.54, 1.807) is 0 Å². The molecule has 9 nitrogen and oxygen atoms in total. The van der Waals surface area contributed by atoms with Crippen LogP contribution >= 0.6 is 0 Å². The van der Waals surface area contributed by atoms with Gasteiger partial charge in [0.1, 0.15) is 0 Å². The molecule has 1 aromatic rings. The molecule has 1 fully saturated rings. The van der Waals surface area contributed by atoms with Crippen molar-refractivity contribution < 1.29 is 29.0 Å². The van der Waals surface area contributed by atoms with E-state index in [1.165, 1.54) is 32.4 Å². The van der Waals surface area contributed by atoms with Gasteiger partial charge in [0.05, 0.1) is 37.5 Å². The summed E-state index contributed by atoms with van der Waals surface area (Å²) < 4.78 is 9.33. The highest BCUT2D eigenvalue weighted by Crippen LogP contribution is 2.18. The smallest absolute Gasteiger partial charge is 0.337 e. The van der Waals surface area contributed by atoms with E-state index >= 15 is 0 Å².